The van der Waals surface area contributed by atoms with E-state index in [1.165, 1.54) is 22.5 Å². The molecule has 5 aromatic carbocycles. The zero-order chi connectivity index (χ0) is 31.1. The van der Waals surface area contributed by atoms with Crippen LogP contribution in [-0.4, -0.2) is 22.3 Å². The Hall–Kier alpha value is -5.88. The van der Waals surface area contributed by atoms with Gasteiger partial charge in [-0.2, -0.15) is 0 Å². The van der Waals surface area contributed by atoms with Crippen molar-refractivity contribution in [1.29, 1.82) is 0 Å². The summed E-state index contributed by atoms with van der Waals surface area (Å²) in [5.74, 6) is 2.03. The fourth-order valence-electron chi connectivity index (χ4n) is 8.64. The first kappa shape index (κ1) is 26.3. The van der Waals surface area contributed by atoms with E-state index in [2.05, 4.69) is 166 Å². The lowest BCUT2D eigenvalue weighted by Gasteiger charge is -2.49. The molecule has 226 valence electrons. The van der Waals surface area contributed by atoms with Crippen LogP contribution in [-0.2, 0) is 0 Å². The molecule has 4 aliphatic rings. The van der Waals surface area contributed by atoms with Gasteiger partial charge in [0.1, 0.15) is 12.3 Å². The van der Waals surface area contributed by atoms with Crippen LogP contribution in [0, 0.1) is 5.92 Å². The molecule has 10 rings (SSSR count). The Labute approximate surface area is 274 Å². The summed E-state index contributed by atoms with van der Waals surface area (Å²) < 4.78 is 0. The SMILES string of the molecule is C=CC1c2ccccc2N2c3nc4ccccc4nc3N(c3ccccc3)C2C1C1c2ccccc2N2C=CN(c3ccccc3)C12. The average molecular weight is 609 g/mol. The highest BCUT2D eigenvalue weighted by atomic mass is 15.5. The molecule has 4 aliphatic heterocycles. The Morgan fingerprint density at radius 2 is 1.06 bits per heavy atom. The molecule has 0 saturated heterocycles. The van der Waals surface area contributed by atoms with Crippen LogP contribution in [0.5, 0.6) is 0 Å². The number of nitrogens with zero attached hydrogens (tertiary/aromatic N) is 6. The largest absolute Gasteiger partial charge is 0.325 e. The minimum Gasteiger partial charge on any atom is -0.325 e. The lowest BCUT2D eigenvalue weighted by Crippen LogP contribution is -2.55. The number of benzene rings is 5. The molecule has 0 saturated carbocycles. The van der Waals surface area contributed by atoms with Gasteiger partial charge in [0.25, 0.3) is 0 Å². The predicted molar refractivity (Wildman–Crippen MR) is 190 cm³/mol. The standard InChI is InChI=1S/C41H32N6/c1-2-29-30-19-9-14-24-35(30)47-39-38(42-32-21-11-12-22-33(32)43-39)46(28-17-7-4-8-18-28)41(47)36(29)37-31-20-10-13-23-34(31)45-26-25-44(40(37)45)27-15-5-3-6-16-27/h2-26,29,36-37,40-41H,1H2. The monoisotopic (exact) mass is 608 g/mol. The molecule has 6 nitrogen and oxygen atoms in total. The lowest BCUT2D eigenvalue weighted by molar-refractivity contribution is 0.294. The average Bonchev–Trinajstić information content (AvgIpc) is 3.80. The van der Waals surface area contributed by atoms with Crippen molar-refractivity contribution in [2.24, 2.45) is 5.92 Å². The Morgan fingerprint density at radius 3 is 1.77 bits per heavy atom. The molecule has 0 fully saturated rings. The van der Waals surface area contributed by atoms with Gasteiger partial charge < -0.3 is 19.6 Å². The number of hydrogen-bond acceptors (Lipinski definition) is 6. The van der Waals surface area contributed by atoms with Crippen molar-refractivity contribution in [3.8, 4) is 0 Å². The molecule has 0 N–H and O–H groups in total. The first-order chi connectivity index (χ1) is 23.3. The molecule has 5 atom stereocenters. The van der Waals surface area contributed by atoms with E-state index in [-0.39, 0.29) is 30.1 Å². The Bertz CT molecular complexity index is 2200. The van der Waals surface area contributed by atoms with Gasteiger partial charge >= 0.3 is 0 Å². The number of aromatic nitrogens is 2. The maximum Gasteiger partial charge on any atom is 0.179 e. The number of rotatable bonds is 4. The summed E-state index contributed by atoms with van der Waals surface area (Å²) in [6.07, 6.45) is 6.62. The molecule has 0 radical (unpaired) electrons. The van der Waals surface area contributed by atoms with Crippen LogP contribution in [0.1, 0.15) is 23.0 Å². The molecule has 1 aromatic heterocycles. The van der Waals surface area contributed by atoms with Crippen molar-refractivity contribution >= 4 is 45.4 Å². The van der Waals surface area contributed by atoms with E-state index in [9.17, 15) is 0 Å². The minimum atomic E-state index is -0.113. The maximum absolute atomic E-state index is 5.36. The van der Waals surface area contributed by atoms with E-state index in [1.54, 1.807) is 0 Å². The molecule has 0 bridgehead atoms. The van der Waals surface area contributed by atoms with Crippen LogP contribution < -0.4 is 19.6 Å². The van der Waals surface area contributed by atoms with E-state index in [0.717, 1.165) is 34.0 Å². The van der Waals surface area contributed by atoms with Crippen molar-refractivity contribution in [2.75, 3.05) is 19.6 Å². The number of allylic oxidation sites excluding steroid dienone is 1. The normalized spacial score (nSPS) is 23.4. The lowest BCUT2D eigenvalue weighted by atomic mass is 9.69. The van der Waals surface area contributed by atoms with Crippen LogP contribution in [0.3, 0.4) is 0 Å². The molecule has 6 aromatic rings. The Kier molecular flexibility index (Phi) is 5.64. The van der Waals surface area contributed by atoms with Gasteiger partial charge in [0.05, 0.1) is 11.0 Å². The van der Waals surface area contributed by atoms with Gasteiger partial charge in [0.15, 0.2) is 11.6 Å². The van der Waals surface area contributed by atoms with Crippen LogP contribution >= 0.6 is 0 Å². The molecule has 0 spiro atoms. The van der Waals surface area contributed by atoms with Gasteiger partial charge in [-0.15, -0.1) is 6.58 Å². The molecule has 0 aliphatic carbocycles. The summed E-state index contributed by atoms with van der Waals surface area (Å²) in [5.41, 5.74) is 9.12. The fraction of sp³-hybridized carbons (Fsp3) is 0.122. The molecule has 5 unspecified atom stereocenters. The van der Waals surface area contributed by atoms with Gasteiger partial charge in [-0.3, -0.25) is 0 Å². The first-order valence-corrected chi connectivity index (χ1v) is 16.3. The third-order valence-electron chi connectivity index (χ3n) is 10.4. The zero-order valence-corrected chi connectivity index (χ0v) is 25.7. The zero-order valence-electron chi connectivity index (χ0n) is 25.7. The quantitative estimate of drug-likeness (QED) is 0.186. The van der Waals surface area contributed by atoms with Gasteiger partial charge in [-0.1, -0.05) is 91.0 Å². The van der Waals surface area contributed by atoms with E-state index < -0.39 is 0 Å². The third-order valence-corrected chi connectivity index (χ3v) is 10.4. The predicted octanol–water partition coefficient (Wildman–Crippen LogP) is 9.07. The van der Waals surface area contributed by atoms with E-state index in [0.29, 0.717) is 0 Å². The Morgan fingerprint density at radius 1 is 0.511 bits per heavy atom. The van der Waals surface area contributed by atoms with Crippen molar-refractivity contribution in [1.82, 2.24) is 9.97 Å². The number of anilines is 6. The number of fused-ring (bicyclic) bond motifs is 9. The fourth-order valence-corrected chi connectivity index (χ4v) is 8.64. The van der Waals surface area contributed by atoms with Gasteiger partial charge in [-0.05, 0) is 59.7 Å². The van der Waals surface area contributed by atoms with E-state index >= 15 is 0 Å². The maximum atomic E-state index is 5.36. The van der Waals surface area contributed by atoms with Crippen molar-refractivity contribution in [3.63, 3.8) is 0 Å². The molecular weight excluding hydrogens is 576 g/mol. The highest BCUT2D eigenvalue weighted by molar-refractivity contribution is 5.91. The second-order valence-corrected chi connectivity index (χ2v) is 12.7. The highest BCUT2D eigenvalue weighted by Crippen LogP contribution is 2.62. The molecule has 47 heavy (non-hydrogen) atoms. The minimum absolute atomic E-state index is 0.0516. The third kappa shape index (κ3) is 3.67. The number of hydrogen-bond donors (Lipinski definition) is 0. The highest BCUT2D eigenvalue weighted by Gasteiger charge is 2.58. The van der Waals surface area contributed by atoms with Gasteiger partial charge in [-0.25, -0.2) is 9.97 Å². The van der Waals surface area contributed by atoms with Crippen LogP contribution in [0.25, 0.3) is 11.0 Å². The van der Waals surface area contributed by atoms with E-state index in [4.69, 9.17) is 9.97 Å². The summed E-state index contributed by atoms with van der Waals surface area (Å²) in [7, 11) is 0. The van der Waals surface area contributed by atoms with Crippen LogP contribution in [0.4, 0.5) is 34.4 Å². The molecule has 0 amide bonds. The molecule has 5 heterocycles. The Balaban J connectivity index is 1.26. The first-order valence-electron chi connectivity index (χ1n) is 16.3. The van der Waals surface area contributed by atoms with Crippen molar-refractivity contribution < 1.29 is 0 Å². The summed E-state index contributed by atoms with van der Waals surface area (Å²) in [6.45, 7) is 4.52. The van der Waals surface area contributed by atoms with Crippen molar-refractivity contribution in [3.05, 3.63) is 170 Å². The number of para-hydroxylation sites is 6. The summed E-state index contributed by atoms with van der Waals surface area (Å²) in [4.78, 5) is 20.6. The second-order valence-electron chi connectivity index (χ2n) is 12.7. The molecular formula is C41H32N6. The topological polar surface area (TPSA) is 38.7 Å². The van der Waals surface area contributed by atoms with Gasteiger partial charge in [0, 0.05) is 52.9 Å². The summed E-state index contributed by atoms with van der Waals surface area (Å²) in [5, 5.41) is 0. The summed E-state index contributed by atoms with van der Waals surface area (Å²) in [6, 6.07) is 47.5. The van der Waals surface area contributed by atoms with Crippen molar-refractivity contribution in [2.45, 2.75) is 24.2 Å². The second kappa shape index (κ2) is 10.1. The van der Waals surface area contributed by atoms with Gasteiger partial charge in [0.2, 0.25) is 0 Å². The van der Waals surface area contributed by atoms with Crippen LogP contribution in [0.2, 0.25) is 0 Å². The summed E-state index contributed by atoms with van der Waals surface area (Å²) >= 11 is 0. The smallest absolute Gasteiger partial charge is 0.179 e. The van der Waals surface area contributed by atoms with Crippen LogP contribution in [0.15, 0.2) is 159 Å². The molecule has 6 heteroatoms. The van der Waals surface area contributed by atoms with E-state index in [1.807, 2.05) is 12.1 Å².